The first-order valence-corrected chi connectivity index (χ1v) is 12.5. The summed E-state index contributed by atoms with van der Waals surface area (Å²) in [5.74, 6) is 1.41. The summed E-state index contributed by atoms with van der Waals surface area (Å²) in [5, 5.41) is 13.4. The minimum Gasteiger partial charge on any atom is -0.457 e. The fourth-order valence-electron chi connectivity index (χ4n) is 4.11. The van der Waals surface area contributed by atoms with Crippen molar-refractivity contribution in [1.29, 1.82) is 0 Å². The third kappa shape index (κ3) is 4.72. The quantitative estimate of drug-likeness (QED) is 0.258. The number of nitrogens with one attached hydrogen (secondary N) is 1. The molecule has 7 heteroatoms. The van der Waals surface area contributed by atoms with Crippen LogP contribution < -0.4 is 10.1 Å². The first-order chi connectivity index (χ1) is 17.0. The third-order valence-electron chi connectivity index (χ3n) is 5.90. The second-order valence-electron chi connectivity index (χ2n) is 8.42. The van der Waals surface area contributed by atoms with Gasteiger partial charge in [0, 0.05) is 11.1 Å². The van der Waals surface area contributed by atoms with Gasteiger partial charge >= 0.3 is 0 Å². The van der Waals surface area contributed by atoms with Crippen LogP contribution in [0.5, 0.6) is 11.5 Å². The molecule has 0 fully saturated rings. The van der Waals surface area contributed by atoms with Crippen molar-refractivity contribution in [2.45, 2.75) is 37.6 Å². The van der Waals surface area contributed by atoms with Crippen LogP contribution >= 0.6 is 11.8 Å². The molecular weight excluding hydrogens is 456 g/mol. The van der Waals surface area contributed by atoms with Gasteiger partial charge in [-0.15, -0.1) is 10.2 Å². The molecule has 0 aliphatic rings. The minimum absolute atomic E-state index is 0.0703. The van der Waals surface area contributed by atoms with Crippen LogP contribution in [0.3, 0.4) is 0 Å². The van der Waals surface area contributed by atoms with E-state index in [2.05, 4.69) is 52.0 Å². The molecule has 0 spiro atoms. The van der Waals surface area contributed by atoms with Gasteiger partial charge in [0.05, 0.1) is 10.8 Å². The first-order valence-electron chi connectivity index (χ1n) is 11.6. The lowest BCUT2D eigenvalue weighted by Gasteiger charge is -2.15. The molecule has 5 rings (SSSR count). The summed E-state index contributed by atoms with van der Waals surface area (Å²) >= 11 is 1.44. The monoisotopic (exact) mass is 482 g/mol. The highest BCUT2D eigenvalue weighted by atomic mass is 32.2. The van der Waals surface area contributed by atoms with E-state index in [-0.39, 0.29) is 11.2 Å². The first kappa shape index (κ1) is 22.9. The normalized spacial score (nSPS) is 12.1. The Bertz CT molecular complexity index is 1500. The maximum Gasteiger partial charge on any atom is 0.237 e. The van der Waals surface area contributed by atoms with Gasteiger partial charge in [0.25, 0.3) is 0 Å². The number of hydrogen-bond donors (Lipinski definition) is 1. The summed E-state index contributed by atoms with van der Waals surface area (Å²) < 4.78 is 7.90. The highest BCUT2D eigenvalue weighted by Crippen LogP contribution is 2.31. The zero-order valence-electron chi connectivity index (χ0n) is 19.9. The molecule has 0 saturated carbocycles. The van der Waals surface area contributed by atoms with Crippen LogP contribution in [0, 0.1) is 13.8 Å². The molecule has 1 unspecified atom stereocenters. The second-order valence-corrected chi connectivity index (χ2v) is 9.59. The smallest absolute Gasteiger partial charge is 0.237 e. The number of hydrogen-bond acceptors (Lipinski definition) is 5. The maximum absolute atomic E-state index is 13.1. The lowest BCUT2D eigenvalue weighted by Crippen LogP contribution is -2.24. The van der Waals surface area contributed by atoms with Gasteiger partial charge in [-0.2, -0.15) is 0 Å². The lowest BCUT2D eigenvalue weighted by atomic mass is 10.1. The van der Waals surface area contributed by atoms with Gasteiger partial charge in [-0.1, -0.05) is 55.1 Å². The van der Waals surface area contributed by atoms with Gasteiger partial charge in [0.2, 0.25) is 5.91 Å². The summed E-state index contributed by atoms with van der Waals surface area (Å²) in [7, 11) is 0. The number of thioether (sulfide) groups is 1. The van der Waals surface area contributed by atoms with Gasteiger partial charge in [0.1, 0.15) is 11.5 Å². The standard InChI is InChI=1S/C28H26N4O2S/c1-4-24(27(33)29-20-13-15-22(16-14-20)34-21-10-6-5-7-11-21)35-28-31-30-25-17-19(3)23-12-8-9-18(2)26(23)32(25)28/h5-17,24H,4H2,1-3H3,(H,29,33). The van der Waals surface area contributed by atoms with Crippen LogP contribution in [-0.4, -0.2) is 25.8 Å². The van der Waals surface area contributed by atoms with Crippen LogP contribution in [-0.2, 0) is 4.79 Å². The van der Waals surface area contributed by atoms with E-state index in [0.717, 1.165) is 39.1 Å². The summed E-state index contributed by atoms with van der Waals surface area (Å²) in [6, 6.07) is 25.3. The number of anilines is 1. The molecule has 1 N–H and O–H groups in total. The number of pyridine rings is 1. The van der Waals surface area contributed by atoms with Crippen molar-refractivity contribution < 1.29 is 9.53 Å². The zero-order chi connectivity index (χ0) is 24.4. The van der Waals surface area contributed by atoms with E-state index in [1.165, 1.54) is 11.8 Å². The average Bonchev–Trinajstić information content (AvgIpc) is 3.26. The number of carbonyl (C=O) groups is 1. The van der Waals surface area contributed by atoms with Crippen molar-refractivity contribution in [1.82, 2.24) is 14.6 Å². The molecule has 1 amide bonds. The van der Waals surface area contributed by atoms with Crippen LogP contribution in [0.2, 0.25) is 0 Å². The Morgan fingerprint density at radius 2 is 1.69 bits per heavy atom. The number of benzene rings is 3. The van der Waals surface area contributed by atoms with Gasteiger partial charge < -0.3 is 10.1 Å². The van der Waals surface area contributed by atoms with Gasteiger partial charge in [-0.25, -0.2) is 0 Å². The molecule has 176 valence electrons. The summed E-state index contributed by atoms with van der Waals surface area (Å²) in [5.41, 5.74) is 4.89. The Hall–Kier alpha value is -3.84. The van der Waals surface area contributed by atoms with Crippen LogP contribution in [0.4, 0.5) is 5.69 Å². The van der Waals surface area contributed by atoms with Crippen LogP contribution in [0.1, 0.15) is 24.5 Å². The van der Waals surface area contributed by atoms with Gasteiger partial charge in [0.15, 0.2) is 10.8 Å². The predicted molar refractivity (Wildman–Crippen MR) is 141 cm³/mol. The number of fused-ring (bicyclic) bond motifs is 3. The molecule has 2 aromatic heterocycles. The molecule has 3 aromatic carbocycles. The number of amides is 1. The van der Waals surface area contributed by atoms with E-state index in [1.807, 2.05) is 67.6 Å². The Morgan fingerprint density at radius 3 is 2.43 bits per heavy atom. The van der Waals surface area contributed by atoms with E-state index < -0.39 is 0 Å². The topological polar surface area (TPSA) is 68.5 Å². The molecule has 0 aliphatic carbocycles. The van der Waals surface area contributed by atoms with E-state index >= 15 is 0 Å². The van der Waals surface area contributed by atoms with Crippen molar-refractivity contribution in [3.05, 3.63) is 90.0 Å². The Balaban J connectivity index is 1.35. The Morgan fingerprint density at radius 1 is 0.943 bits per heavy atom. The number of rotatable bonds is 7. The molecule has 5 aromatic rings. The highest BCUT2D eigenvalue weighted by molar-refractivity contribution is 8.00. The molecule has 0 radical (unpaired) electrons. The number of carbonyl (C=O) groups excluding carboxylic acids is 1. The van der Waals surface area contributed by atoms with E-state index in [9.17, 15) is 4.79 Å². The lowest BCUT2D eigenvalue weighted by molar-refractivity contribution is -0.115. The predicted octanol–water partition coefficient (Wildman–Crippen LogP) is 6.80. The molecular formula is C28H26N4O2S. The molecule has 6 nitrogen and oxygen atoms in total. The van der Waals surface area contributed by atoms with E-state index in [4.69, 9.17) is 4.74 Å². The van der Waals surface area contributed by atoms with E-state index in [1.54, 1.807) is 0 Å². The number of aromatic nitrogens is 3. The number of nitrogens with zero attached hydrogens (tertiary/aromatic N) is 3. The highest BCUT2D eigenvalue weighted by Gasteiger charge is 2.22. The zero-order valence-corrected chi connectivity index (χ0v) is 20.7. The molecule has 1 atom stereocenters. The summed E-state index contributed by atoms with van der Waals surface area (Å²) in [6.07, 6.45) is 0.656. The van der Waals surface area contributed by atoms with Crippen molar-refractivity contribution in [2.75, 3.05) is 5.32 Å². The Kier molecular flexibility index (Phi) is 6.42. The molecule has 0 aliphatic heterocycles. The average molecular weight is 483 g/mol. The van der Waals surface area contributed by atoms with Crippen molar-refractivity contribution >= 4 is 39.9 Å². The van der Waals surface area contributed by atoms with Gasteiger partial charge in [-0.05, 0) is 73.9 Å². The fourth-order valence-corrected chi connectivity index (χ4v) is 5.08. The minimum atomic E-state index is -0.317. The Labute approximate surface area is 208 Å². The van der Waals surface area contributed by atoms with Crippen LogP contribution in [0.15, 0.2) is 84.0 Å². The third-order valence-corrected chi connectivity index (χ3v) is 7.21. The van der Waals surface area contributed by atoms with Crippen LogP contribution in [0.25, 0.3) is 16.6 Å². The second kappa shape index (κ2) is 9.80. The number of aryl methyl sites for hydroxylation is 2. The maximum atomic E-state index is 13.1. The van der Waals surface area contributed by atoms with Gasteiger partial charge in [-0.3, -0.25) is 9.20 Å². The number of ether oxygens (including phenoxy) is 1. The number of para-hydroxylation sites is 2. The summed E-state index contributed by atoms with van der Waals surface area (Å²) in [4.78, 5) is 13.1. The molecule has 35 heavy (non-hydrogen) atoms. The SMILES string of the molecule is CCC(Sc1nnc2cc(C)c3cccc(C)c3n12)C(=O)Nc1ccc(Oc2ccccc2)cc1. The van der Waals surface area contributed by atoms with Crippen molar-refractivity contribution in [2.24, 2.45) is 0 Å². The van der Waals surface area contributed by atoms with E-state index in [0.29, 0.717) is 17.3 Å². The fraction of sp³-hybridized carbons (Fsp3) is 0.179. The van der Waals surface area contributed by atoms with Crippen molar-refractivity contribution in [3.8, 4) is 11.5 Å². The molecule has 2 heterocycles. The molecule has 0 bridgehead atoms. The van der Waals surface area contributed by atoms with Crippen molar-refractivity contribution in [3.63, 3.8) is 0 Å². The molecule has 0 saturated heterocycles. The largest absolute Gasteiger partial charge is 0.457 e. The summed E-state index contributed by atoms with van der Waals surface area (Å²) in [6.45, 7) is 6.18.